The molecule has 0 aliphatic carbocycles. The van der Waals surface area contributed by atoms with Crippen LogP contribution in [0.1, 0.15) is 18.5 Å². The van der Waals surface area contributed by atoms with Crippen molar-refractivity contribution in [3.05, 3.63) is 54.1 Å². The van der Waals surface area contributed by atoms with Crippen molar-refractivity contribution in [1.29, 1.82) is 0 Å². The van der Waals surface area contributed by atoms with Gasteiger partial charge < -0.3 is 14.4 Å². The molecule has 0 aliphatic rings. The highest BCUT2D eigenvalue weighted by atomic mass is 32.2. The second kappa shape index (κ2) is 12.2. The van der Waals surface area contributed by atoms with E-state index in [-0.39, 0.29) is 11.5 Å². The molecule has 2 rings (SSSR count). The Balaban J connectivity index is 2.24. The molecule has 0 fully saturated rings. The van der Waals surface area contributed by atoms with Gasteiger partial charge in [-0.1, -0.05) is 18.1 Å². The van der Waals surface area contributed by atoms with Crippen LogP contribution < -0.4 is 15.0 Å². The third-order valence-electron chi connectivity index (χ3n) is 4.71. The largest absolute Gasteiger partial charge is 0.492 e. The first-order valence-corrected chi connectivity index (χ1v) is 11.6. The summed E-state index contributed by atoms with van der Waals surface area (Å²) in [6.45, 7) is 3.09. The Morgan fingerprint density at radius 3 is 2.15 bits per heavy atom. The highest BCUT2D eigenvalue weighted by Crippen LogP contribution is 2.28. The van der Waals surface area contributed by atoms with E-state index in [1.807, 2.05) is 19.0 Å². The van der Waals surface area contributed by atoms with Crippen LogP contribution >= 0.6 is 0 Å². The number of benzene rings is 2. The van der Waals surface area contributed by atoms with Crippen LogP contribution in [0.2, 0.25) is 0 Å². The molecule has 0 saturated heterocycles. The Bertz CT molecular complexity index is 1070. The lowest BCUT2D eigenvalue weighted by Crippen LogP contribution is -2.40. The number of hydrogen-bond acceptors (Lipinski definition) is 7. The van der Waals surface area contributed by atoms with E-state index >= 15 is 0 Å². The minimum absolute atomic E-state index is 0.0293. The maximum atomic E-state index is 13.2. The number of hydroxylamine groups is 1. The summed E-state index contributed by atoms with van der Waals surface area (Å²) in [7, 11) is 1.07. The van der Waals surface area contributed by atoms with Crippen LogP contribution in [0.25, 0.3) is 0 Å². The van der Waals surface area contributed by atoms with Crippen LogP contribution in [0.15, 0.2) is 53.4 Å². The van der Waals surface area contributed by atoms with Gasteiger partial charge in [0.2, 0.25) is 10.0 Å². The van der Waals surface area contributed by atoms with Gasteiger partial charge in [0.25, 0.3) is 5.91 Å². The van der Waals surface area contributed by atoms with Gasteiger partial charge in [0, 0.05) is 13.6 Å². The quantitative estimate of drug-likeness (QED) is 0.290. The summed E-state index contributed by atoms with van der Waals surface area (Å²) in [6.07, 6.45) is 0. The number of likely N-dealkylation sites (N-methyl/N-ethyl adjacent to an activating group) is 2. The summed E-state index contributed by atoms with van der Waals surface area (Å²) in [5.74, 6) is 5.62. The van der Waals surface area contributed by atoms with E-state index in [1.54, 1.807) is 36.7 Å². The molecule has 2 aromatic rings. The first-order valence-electron chi connectivity index (χ1n) is 10.1. The molecule has 0 saturated carbocycles. The van der Waals surface area contributed by atoms with Gasteiger partial charge in [-0.2, -0.15) is 4.31 Å². The van der Waals surface area contributed by atoms with Gasteiger partial charge in [-0.3, -0.25) is 10.0 Å². The number of ether oxygens (including phenoxy) is 2. The summed E-state index contributed by atoms with van der Waals surface area (Å²) in [5, 5.41) is 9.24. The SMILES string of the molecule is CC#CCOc1ccc(S(=O)(=O)N(C)C(C(=O)NO)c2ccc(OCCN(C)C)cc2)cc1. The van der Waals surface area contributed by atoms with Gasteiger partial charge in [-0.05, 0) is 63.0 Å². The van der Waals surface area contributed by atoms with Crippen molar-refractivity contribution in [2.24, 2.45) is 0 Å². The zero-order valence-corrected chi connectivity index (χ0v) is 19.9. The van der Waals surface area contributed by atoms with Gasteiger partial charge in [0.1, 0.15) is 30.8 Å². The molecule has 0 bridgehead atoms. The minimum Gasteiger partial charge on any atom is -0.492 e. The molecule has 0 aliphatic heterocycles. The van der Waals surface area contributed by atoms with Crippen LogP contribution in [-0.2, 0) is 14.8 Å². The number of carbonyl (C=O) groups excluding carboxylic acids is 1. The molecule has 2 N–H and O–H groups in total. The van der Waals surface area contributed by atoms with E-state index in [9.17, 15) is 18.4 Å². The van der Waals surface area contributed by atoms with Crippen molar-refractivity contribution in [2.75, 3.05) is 40.9 Å². The number of nitrogens with one attached hydrogen (secondary N) is 1. The van der Waals surface area contributed by atoms with Crippen LogP contribution in [0, 0.1) is 11.8 Å². The average Bonchev–Trinajstić information content (AvgIpc) is 2.80. The number of rotatable bonds is 11. The first kappa shape index (κ1) is 26.2. The smallest absolute Gasteiger partial charge is 0.266 e. The number of carbonyl (C=O) groups is 1. The van der Waals surface area contributed by atoms with Crippen molar-refractivity contribution in [1.82, 2.24) is 14.7 Å². The zero-order chi connectivity index (χ0) is 24.4. The Hall–Kier alpha value is -3.10. The van der Waals surface area contributed by atoms with E-state index in [4.69, 9.17) is 9.47 Å². The van der Waals surface area contributed by atoms with E-state index in [1.165, 1.54) is 31.3 Å². The molecule has 9 nitrogen and oxygen atoms in total. The Labute approximate surface area is 194 Å². The third-order valence-corrected chi connectivity index (χ3v) is 6.55. The predicted octanol–water partition coefficient (Wildman–Crippen LogP) is 1.90. The molecule has 1 unspecified atom stereocenters. The fraction of sp³-hybridized carbons (Fsp3) is 0.348. The van der Waals surface area contributed by atoms with Gasteiger partial charge in [-0.15, -0.1) is 5.92 Å². The highest BCUT2D eigenvalue weighted by molar-refractivity contribution is 7.89. The van der Waals surface area contributed by atoms with E-state index < -0.39 is 22.0 Å². The average molecular weight is 476 g/mol. The molecule has 0 spiro atoms. The second-order valence-electron chi connectivity index (χ2n) is 7.31. The topological polar surface area (TPSA) is 108 Å². The van der Waals surface area contributed by atoms with E-state index in [0.29, 0.717) is 23.7 Å². The van der Waals surface area contributed by atoms with Crippen LogP contribution in [0.4, 0.5) is 0 Å². The fourth-order valence-electron chi connectivity index (χ4n) is 2.88. The molecule has 0 heterocycles. The lowest BCUT2D eigenvalue weighted by Gasteiger charge is -2.26. The Morgan fingerprint density at radius 2 is 1.61 bits per heavy atom. The summed E-state index contributed by atoms with van der Waals surface area (Å²) < 4.78 is 38.3. The molecule has 10 heteroatoms. The van der Waals surface area contributed by atoms with Gasteiger partial charge in [0.05, 0.1) is 4.90 Å². The minimum atomic E-state index is -4.08. The lowest BCUT2D eigenvalue weighted by atomic mass is 10.1. The molecule has 178 valence electrons. The summed E-state index contributed by atoms with van der Waals surface area (Å²) in [6, 6.07) is 11.0. The monoisotopic (exact) mass is 475 g/mol. The standard InChI is InChI=1S/C23H29N3O6S/c1-5-6-16-31-20-11-13-21(14-12-20)33(29,30)26(4)22(23(27)24-28)18-7-9-19(10-8-18)32-17-15-25(2)3/h7-14,22,28H,15-17H2,1-4H3,(H,24,27). The van der Waals surface area contributed by atoms with Crippen molar-refractivity contribution in [3.63, 3.8) is 0 Å². The molecular weight excluding hydrogens is 446 g/mol. The normalized spacial score (nSPS) is 12.1. The number of sulfonamides is 1. The summed E-state index contributed by atoms with van der Waals surface area (Å²) >= 11 is 0. The summed E-state index contributed by atoms with van der Waals surface area (Å²) in [4.78, 5) is 14.4. The third kappa shape index (κ3) is 7.20. The number of hydrogen-bond donors (Lipinski definition) is 2. The van der Waals surface area contributed by atoms with Crippen molar-refractivity contribution in [2.45, 2.75) is 17.9 Å². The molecule has 1 amide bonds. The molecule has 0 aromatic heterocycles. The maximum Gasteiger partial charge on any atom is 0.266 e. The lowest BCUT2D eigenvalue weighted by molar-refractivity contribution is -0.133. The Kier molecular flexibility index (Phi) is 9.69. The van der Waals surface area contributed by atoms with Gasteiger partial charge in [-0.25, -0.2) is 13.9 Å². The van der Waals surface area contributed by atoms with Crippen molar-refractivity contribution < 1.29 is 27.9 Å². The van der Waals surface area contributed by atoms with Crippen LogP contribution in [0.3, 0.4) is 0 Å². The van der Waals surface area contributed by atoms with Gasteiger partial charge >= 0.3 is 0 Å². The highest BCUT2D eigenvalue weighted by Gasteiger charge is 2.34. The zero-order valence-electron chi connectivity index (χ0n) is 19.1. The molecule has 2 aromatic carbocycles. The Morgan fingerprint density at radius 1 is 1.03 bits per heavy atom. The van der Waals surface area contributed by atoms with Gasteiger partial charge in [0.15, 0.2) is 0 Å². The van der Waals surface area contributed by atoms with Crippen molar-refractivity contribution >= 4 is 15.9 Å². The number of nitrogens with zero attached hydrogens (tertiary/aromatic N) is 2. The molecular formula is C23H29N3O6S. The van der Waals surface area contributed by atoms with Crippen LogP contribution in [-0.4, -0.2) is 69.6 Å². The summed E-state index contributed by atoms with van der Waals surface area (Å²) in [5.41, 5.74) is 1.92. The predicted molar refractivity (Wildman–Crippen MR) is 123 cm³/mol. The second-order valence-corrected chi connectivity index (χ2v) is 9.30. The van der Waals surface area contributed by atoms with Crippen LogP contribution in [0.5, 0.6) is 11.5 Å². The maximum absolute atomic E-state index is 13.2. The number of amides is 1. The molecule has 33 heavy (non-hydrogen) atoms. The fourth-order valence-corrected chi connectivity index (χ4v) is 4.19. The van der Waals surface area contributed by atoms with Crippen molar-refractivity contribution in [3.8, 4) is 23.3 Å². The van der Waals surface area contributed by atoms with E-state index in [0.717, 1.165) is 10.8 Å². The molecule has 1 atom stereocenters. The van der Waals surface area contributed by atoms with E-state index in [2.05, 4.69) is 11.8 Å². The first-order chi connectivity index (χ1) is 15.7. The molecule has 0 radical (unpaired) electrons.